The predicted octanol–water partition coefficient (Wildman–Crippen LogP) is -2.44. The number of methoxy groups -OCH3 is 1. The summed E-state index contributed by atoms with van der Waals surface area (Å²) in [6.07, 6.45) is 1.15. The summed E-state index contributed by atoms with van der Waals surface area (Å²) in [7, 11) is 1.23. The van der Waals surface area contributed by atoms with Gasteiger partial charge in [-0.15, -0.1) is 5.75 Å². The van der Waals surface area contributed by atoms with Crippen LogP contribution in [0.3, 0.4) is 0 Å². The average Bonchev–Trinajstić information content (AvgIpc) is 2.36. The zero-order chi connectivity index (χ0) is 14.4. The summed E-state index contributed by atoms with van der Waals surface area (Å²) in [5, 5.41) is 22.8. The molecule has 102 valence electrons. The third-order valence-electron chi connectivity index (χ3n) is 2.37. The van der Waals surface area contributed by atoms with Gasteiger partial charge in [0.1, 0.15) is 6.04 Å². The first-order valence-corrected chi connectivity index (χ1v) is 5.46. The smallest absolute Gasteiger partial charge is 0.872 e. The van der Waals surface area contributed by atoms with Crippen LogP contribution in [0, 0.1) is 0 Å². The summed E-state index contributed by atoms with van der Waals surface area (Å²) >= 11 is 0. The summed E-state index contributed by atoms with van der Waals surface area (Å²) in [4.78, 5) is 22.2. The van der Waals surface area contributed by atoms with Crippen LogP contribution in [0.1, 0.15) is 18.5 Å². The van der Waals surface area contributed by atoms with Crippen LogP contribution in [0.15, 0.2) is 36.0 Å². The molecule has 0 saturated heterocycles. The topological polar surface area (TPSA) is 98.7 Å². The molecule has 0 amide bonds. The van der Waals surface area contributed by atoms with Crippen LogP contribution >= 0.6 is 0 Å². The Kier molecular flexibility index (Phi) is 7.98. The van der Waals surface area contributed by atoms with E-state index in [2.05, 4.69) is 10.1 Å². The fourth-order valence-corrected chi connectivity index (χ4v) is 1.45. The summed E-state index contributed by atoms with van der Waals surface area (Å²) < 4.78 is 4.44. The molecule has 0 saturated carbocycles. The standard InChI is InChI=1S/C13H15NO5.Na/c1-8(7-11(16)19-2)14-12(13(17)18)9-3-5-10(15)6-4-9;/h3-7,12,14-15H,1-2H3,(H,17,18);/q;+1/p-1/b8-7+;. The van der Waals surface area contributed by atoms with Crippen LogP contribution in [0.4, 0.5) is 0 Å². The third kappa shape index (κ3) is 5.64. The van der Waals surface area contributed by atoms with Gasteiger partial charge in [-0.1, -0.05) is 24.3 Å². The van der Waals surface area contributed by atoms with E-state index in [1.807, 2.05) is 0 Å². The second-order valence-electron chi connectivity index (χ2n) is 3.84. The number of aliphatic carboxylic acids is 1. The van der Waals surface area contributed by atoms with Crippen molar-refractivity contribution in [3.63, 3.8) is 0 Å². The average molecular weight is 287 g/mol. The van der Waals surface area contributed by atoms with Crippen molar-refractivity contribution in [3.8, 4) is 5.75 Å². The number of esters is 1. The van der Waals surface area contributed by atoms with Crippen molar-refractivity contribution in [2.75, 3.05) is 7.11 Å². The molecular formula is C13H14NNaO5. The molecule has 1 aromatic rings. The Bertz CT molecular complexity index is 498. The zero-order valence-electron chi connectivity index (χ0n) is 11.5. The van der Waals surface area contributed by atoms with Crippen LogP contribution in [0.2, 0.25) is 0 Å². The first-order chi connectivity index (χ1) is 8.93. The number of carboxylic acid groups (broad SMARTS) is 1. The summed E-state index contributed by atoms with van der Waals surface area (Å²) in [6.45, 7) is 1.55. The number of carbonyl (C=O) groups excluding carboxylic acids is 1. The quantitative estimate of drug-likeness (QED) is 0.354. The van der Waals surface area contributed by atoms with Crippen LogP contribution in [0.5, 0.6) is 5.75 Å². The summed E-state index contributed by atoms with van der Waals surface area (Å²) in [6, 6.07) is 4.39. The van der Waals surface area contributed by atoms with E-state index in [1.165, 1.54) is 31.4 Å². The molecule has 1 atom stereocenters. The Morgan fingerprint density at radius 2 is 1.90 bits per heavy atom. The Balaban J connectivity index is 0.00000361. The Morgan fingerprint density at radius 1 is 1.35 bits per heavy atom. The van der Waals surface area contributed by atoms with E-state index in [0.29, 0.717) is 11.3 Å². The van der Waals surface area contributed by atoms with Gasteiger partial charge in [-0.3, -0.25) is 0 Å². The Labute approximate surface area is 138 Å². The first-order valence-electron chi connectivity index (χ1n) is 5.46. The summed E-state index contributed by atoms with van der Waals surface area (Å²) in [5.41, 5.74) is 0.773. The second kappa shape index (κ2) is 8.63. The molecule has 0 radical (unpaired) electrons. The van der Waals surface area contributed by atoms with E-state index >= 15 is 0 Å². The predicted molar refractivity (Wildman–Crippen MR) is 65.2 cm³/mol. The van der Waals surface area contributed by atoms with Gasteiger partial charge in [0, 0.05) is 11.8 Å². The van der Waals surface area contributed by atoms with E-state index in [0.717, 1.165) is 6.08 Å². The minimum absolute atomic E-state index is 0. The van der Waals surface area contributed by atoms with Gasteiger partial charge in [-0.05, 0) is 12.5 Å². The van der Waals surface area contributed by atoms with Crippen LogP contribution in [-0.2, 0) is 14.3 Å². The number of rotatable bonds is 5. The first kappa shape index (κ1) is 18.5. The maximum Gasteiger partial charge on any atom is 1.00 e. The van der Waals surface area contributed by atoms with Crippen molar-refractivity contribution < 1.29 is 54.1 Å². The fraction of sp³-hybridized carbons (Fsp3) is 0.231. The Morgan fingerprint density at radius 3 is 2.35 bits per heavy atom. The van der Waals surface area contributed by atoms with Gasteiger partial charge >= 0.3 is 41.5 Å². The van der Waals surface area contributed by atoms with Crippen molar-refractivity contribution in [1.29, 1.82) is 0 Å². The van der Waals surface area contributed by atoms with E-state index in [9.17, 15) is 14.7 Å². The molecule has 1 rings (SSSR count). The van der Waals surface area contributed by atoms with Gasteiger partial charge in [0.05, 0.1) is 7.11 Å². The van der Waals surface area contributed by atoms with Crippen molar-refractivity contribution in [3.05, 3.63) is 41.6 Å². The molecule has 6 nitrogen and oxygen atoms in total. The summed E-state index contributed by atoms with van der Waals surface area (Å²) in [5.74, 6) is -1.89. The molecule has 0 aliphatic heterocycles. The number of ether oxygens (including phenoxy) is 1. The van der Waals surface area contributed by atoms with Gasteiger partial charge in [0.2, 0.25) is 0 Å². The van der Waals surface area contributed by atoms with Crippen LogP contribution in [0.25, 0.3) is 0 Å². The third-order valence-corrected chi connectivity index (χ3v) is 2.37. The van der Waals surface area contributed by atoms with E-state index < -0.39 is 18.0 Å². The van der Waals surface area contributed by atoms with E-state index in [1.54, 1.807) is 6.92 Å². The van der Waals surface area contributed by atoms with Crippen molar-refractivity contribution >= 4 is 11.9 Å². The van der Waals surface area contributed by atoms with Crippen molar-refractivity contribution in [2.45, 2.75) is 13.0 Å². The number of nitrogens with one attached hydrogen (secondary N) is 1. The molecule has 1 aromatic carbocycles. The fourth-order valence-electron chi connectivity index (χ4n) is 1.45. The van der Waals surface area contributed by atoms with Crippen LogP contribution < -0.4 is 40.0 Å². The molecule has 0 aliphatic carbocycles. The molecule has 0 bridgehead atoms. The minimum Gasteiger partial charge on any atom is -0.872 e. The second-order valence-corrected chi connectivity index (χ2v) is 3.84. The number of hydrogen-bond donors (Lipinski definition) is 2. The molecule has 7 heteroatoms. The molecule has 0 spiro atoms. The van der Waals surface area contributed by atoms with E-state index in [4.69, 9.17) is 5.11 Å². The number of benzene rings is 1. The van der Waals surface area contributed by atoms with Gasteiger partial charge in [0.25, 0.3) is 0 Å². The maximum absolute atomic E-state index is 11.2. The molecule has 2 N–H and O–H groups in total. The van der Waals surface area contributed by atoms with Crippen molar-refractivity contribution in [1.82, 2.24) is 5.32 Å². The number of hydrogen-bond acceptors (Lipinski definition) is 5. The van der Waals surface area contributed by atoms with Gasteiger partial charge in [-0.2, -0.15) is 0 Å². The number of carboxylic acids is 1. The number of carbonyl (C=O) groups is 2. The van der Waals surface area contributed by atoms with Crippen LogP contribution in [-0.4, -0.2) is 24.2 Å². The largest absolute Gasteiger partial charge is 1.00 e. The molecule has 20 heavy (non-hydrogen) atoms. The Hall–Kier alpha value is -1.50. The maximum atomic E-state index is 11.2. The molecule has 0 aliphatic rings. The molecule has 0 fully saturated rings. The minimum atomic E-state index is -1.11. The van der Waals surface area contributed by atoms with Crippen molar-refractivity contribution in [2.24, 2.45) is 0 Å². The van der Waals surface area contributed by atoms with E-state index in [-0.39, 0.29) is 35.3 Å². The molecule has 0 aromatic heterocycles. The molecule has 1 unspecified atom stereocenters. The number of allylic oxidation sites excluding steroid dienone is 1. The monoisotopic (exact) mass is 287 g/mol. The van der Waals surface area contributed by atoms with Gasteiger partial charge < -0.3 is 20.3 Å². The SMILES string of the molecule is COC(=O)/C=C(\C)NC(C(=O)O)c1ccc([O-])cc1.[Na+]. The normalized spacial score (nSPS) is 12.0. The van der Waals surface area contributed by atoms with Gasteiger partial charge in [-0.25, -0.2) is 9.59 Å². The van der Waals surface area contributed by atoms with Gasteiger partial charge in [0.15, 0.2) is 0 Å². The zero-order valence-corrected chi connectivity index (χ0v) is 13.5. The molecule has 0 heterocycles. The molecular weight excluding hydrogens is 273 g/mol.